The van der Waals surface area contributed by atoms with Crippen molar-refractivity contribution in [3.8, 4) is 17.0 Å². The summed E-state index contributed by atoms with van der Waals surface area (Å²) in [4.78, 5) is 20.9. The van der Waals surface area contributed by atoms with E-state index in [4.69, 9.17) is 21.2 Å². The average Bonchev–Trinajstić information content (AvgIpc) is 3.31. The molecular formula is C21H22N6O2S. The number of amides is 1. The number of carbonyl (C=O) groups is 1. The number of benzene rings is 1. The van der Waals surface area contributed by atoms with E-state index in [1.807, 2.05) is 29.6 Å². The number of nitrogen functional groups attached to an aromatic ring is 1. The molecule has 8 nitrogen and oxygen atoms in total. The number of primary amides is 1. The van der Waals surface area contributed by atoms with Gasteiger partial charge in [0.2, 0.25) is 0 Å². The van der Waals surface area contributed by atoms with E-state index in [1.165, 1.54) is 17.7 Å². The summed E-state index contributed by atoms with van der Waals surface area (Å²) in [5.74, 6) is 1.48. The number of aromatic nitrogens is 4. The van der Waals surface area contributed by atoms with Gasteiger partial charge < -0.3 is 16.2 Å². The fourth-order valence-corrected chi connectivity index (χ4v) is 4.34. The maximum absolute atomic E-state index is 11.6. The van der Waals surface area contributed by atoms with Crippen molar-refractivity contribution >= 4 is 28.6 Å². The molecule has 3 heterocycles. The molecule has 3 aromatic heterocycles. The Morgan fingerprint density at radius 1 is 1.27 bits per heavy atom. The van der Waals surface area contributed by atoms with Gasteiger partial charge in [0.1, 0.15) is 34.0 Å². The van der Waals surface area contributed by atoms with Crippen LogP contribution < -0.4 is 16.2 Å². The monoisotopic (exact) mass is 422 g/mol. The van der Waals surface area contributed by atoms with Gasteiger partial charge in [-0.3, -0.25) is 4.79 Å². The minimum absolute atomic E-state index is 0.185. The molecule has 0 saturated carbocycles. The molecule has 0 aliphatic carbocycles. The molecule has 1 amide bonds. The summed E-state index contributed by atoms with van der Waals surface area (Å²) in [5, 5.41) is 6.24. The SMILES string of the molecule is COc1c(Cc2ccc(-c3nc(C(C)C)n4ncnc(N)c34)cc2)csc1C(N)=O. The minimum Gasteiger partial charge on any atom is -0.495 e. The first-order valence-electron chi connectivity index (χ1n) is 9.43. The van der Waals surface area contributed by atoms with Gasteiger partial charge in [-0.05, 0) is 10.9 Å². The van der Waals surface area contributed by atoms with Crippen molar-refractivity contribution in [1.29, 1.82) is 0 Å². The highest BCUT2D eigenvalue weighted by Gasteiger charge is 2.20. The predicted octanol–water partition coefficient (Wildman–Crippen LogP) is 3.26. The molecule has 0 bridgehead atoms. The summed E-state index contributed by atoms with van der Waals surface area (Å²) >= 11 is 1.30. The van der Waals surface area contributed by atoms with Crippen LogP contribution in [0.4, 0.5) is 5.82 Å². The van der Waals surface area contributed by atoms with Gasteiger partial charge in [-0.2, -0.15) is 5.10 Å². The topological polar surface area (TPSA) is 121 Å². The molecule has 0 radical (unpaired) electrons. The van der Waals surface area contributed by atoms with E-state index in [2.05, 4.69) is 23.9 Å². The Balaban J connectivity index is 1.69. The van der Waals surface area contributed by atoms with Gasteiger partial charge in [-0.1, -0.05) is 38.1 Å². The normalized spacial score (nSPS) is 11.3. The fraction of sp³-hybridized carbons (Fsp3) is 0.238. The number of carbonyl (C=O) groups excluding carboxylic acids is 1. The van der Waals surface area contributed by atoms with Crippen LogP contribution in [-0.2, 0) is 6.42 Å². The lowest BCUT2D eigenvalue weighted by Crippen LogP contribution is -2.10. The first kappa shape index (κ1) is 19.8. The molecule has 0 aliphatic rings. The van der Waals surface area contributed by atoms with Crippen LogP contribution in [0.3, 0.4) is 0 Å². The van der Waals surface area contributed by atoms with Crippen molar-refractivity contribution in [2.75, 3.05) is 12.8 Å². The van der Waals surface area contributed by atoms with Crippen LogP contribution in [-0.4, -0.2) is 32.6 Å². The van der Waals surface area contributed by atoms with Crippen LogP contribution in [0, 0.1) is 0 Å². The quantitative estimate of drug-likeness (QED) is 0.492. The Labute approximate surface area is 177 Å². The fourth-order valence-electron chi connectivity index (χ4n) is 3.45. The Kier molecular flexibility index (Phi) is 5.13. The van der Waals surface area contributed by atoms with Crippen LogP contribution in [0.2, 0.25) is 0 Å². The molecule has 154 valence electrons. The number of hydrogen-bond donors (Lipinski definition) is 2. The summed E-state index contributed by atoms with van der Waals surface area (Å²) in [6.07, 6.45) is 2.07. The highest BCUT2D eigenvalue weighted by molar-refractivity contribution is 7.12. The molecule has 0 saturated heterocycles. The number of imidazole rings is 1. The smallest absolute Gasteiger partial charge is 0.262 e. The van der Waals surface area contributed by atoms with Crippen LogP contribution in [0.15, 0.2) is 36.0 Å². The molecule has 30 heavy (non-hydrogen) atoms. The lowest BCUT2D eigenvalue weighted by atomic mass is 10.0. The third-order valence-corrected chi connectivity index (χ3v) is 5.89. The molecule has 4 N–H and O–H groups in total. The number of methoxy groups -OCH3 is 1. The van der Waals surface area contributed by atoms with Gasteiger partial charge in [-0.25, -0.2) is 14.5 Å². The summed E-state index contributed by atoms with van der Waals surface area (Å²) < 4.78 is 7.16. The molecule has 1 aromatic carbocycles. The zero-order chi connectivity index (χ0) is 21.4. The van der Waals surface area contributed by atoms with E-state index >= 15 is 0 Å². The largest absolute Gasteiger partial charge is 0.495 e. The van der Waals surface area contributed by atoms with Crippen LogP contribution >= 0.6 is 11.3 Å². The molecule has 0 unspecified atom stereocenters. The van der Waals surface area contributed by atoms with Gasteiger partial charge in [0, 0.05) is 23.5 Å². The third kappa shape index (κ3) is 3.37. The summed E-state index contributed by atoms with van der Waals surface area (Å²) in [5.41, 5.74) is 16.0. The third-order valence-electron chi connectivity index (χ3n) is 4.87. The summed E-state index contributed by atoms with van der Waals surface area (Å²) in [7, 11) is 1.55. The molecule has 4 rings (SSSR count). The minimum atomic E-state index is -0.481. The number of fused-ring (bicyclic) bond motifs is 1. The van der Waals surface area contributed by atoms with E-state index in [0.29, 0.717) is 28.4 Å². The van der Waals surface area contributed by atoms with E-state index in [0.717, 1.165) is 28.2 Å². The second kappa shape index (κ2) is 7.75. The Morgan fingerprint density at radius 2 is 2.00 bits per heavy atom. The summed E-state index contributed by atoms with van der Waals surface area (Å²) in [6.45, 7) is 4.13. The van der Waals surface area contributed by atoms with Crippen LogP contribution in [0.5, 0.6) is 5.75 Å². The number of anilines is 1. The Morgan fingerprint density at radius 3 is 2.63 bits per heavy atom. The standard InChI is InChI=1S/C21H22N6O2S/c1-11(2)21-26-15(16-19(22)24-10-25-27(16)21)13-6-4-12(5-7-13)8-14-9-30-18(20(23)28)17(14)29-3/h4-7,9-11H,8H2,1-3H3,(H2,23,28)(H2,22,24,25). The predicted molar refractivity (Wildman–Crippen MR) is 117 cm³/mol. The Hall–Kier alpha value is -3.46. The van der Waals surface area contributed by atoms with Crippen molar-refractivity contribution in [1.82, 2.24) is 19.6 Å². The van der Waals surface area contributed by atoms with Gasteiger partial charge >= 0.3 is 0 Å². The maximum Gasteiger partial charge on any atom is 0.262 e. The number of ether oxygens (including phenoxy) is 1. The van der Waals surface area contributed by atoms with E-state index in [9.17, 15) is 4.79 Å². The molecular weight excluding hydrogens is 400 g/mol. The van der Waals surface area contributed by atoms with Crippen LogP contribution in [0.25, 0.3) is 16.8 Å². The first-order valence-corrected chi connectivity index (χ1v) is 10.3. The number of hydrogen-bond acceptors (Lipinski definition) is 7. The first-order chi connectivity index (χ1) is 14.4. The zero-order valence-electron chi connectivity index (χ0n) is 16.9. The van der Waals surface area contributed by atoms with E-state index in [1.54, 1.807) is 11.6 Å². The molecule has 0 atom stereocenters. The van der Waals surface area contributed by atoms with Crippen molar-refractivity contribution < 1.29 is 9.53 Å². The number of rotatable bonds is 6. The molecule has 0 spiro atoms. The second-order valence-electron chi connectivity index (χ2n) is 7.24. The zero-order valence-corrected chi connectivity index (χ0v) is 17.7. The number of thiophene rings is 1. The Bertz CT molecular complexity index is 1230. The molecule has 0 aliphatic heterocycles. The van der Waals surface area contributed by atoms with Gasteiger partial charge in [0.25, 0.3) is 5.91 Å². The van der Waals surface area contributed by atoms with Gasteiger partial charge in [0.15, 0.2) is 5.82 Å². The number of nitrogens with zero attached hydrogens (tertiary/aromatic N) is 4. The summed E-state index contributed by atoms with van der Waals surface area (Å²) in [6, 6.07) is 8.05. The van der Waals surface area contributed by atoms with Crippen molar-refractivity contribution in [3.05, 3.63) is 57.8 Å². The second-order valence-corrected chi connectivity index (χ2v) is 8.12. The maximum atomic E-state index is 11.6. The van der Waals surface area contributed by atoms with Crippen molar-refractivity contribution in [2.24, 2.45) is 5.73 Å². The van der Waals surface area contributed by atoms with E-state index < -0.39 is 5.91 Å². The van der Waals surface area contributed by atoms with Crippen LogP contribution in [0.1, 0.15) is 46.4 Å². The number of nitrogens with two attached hydrogens (primary N) is 2. The van der Waals surface area contributed by atoms with Gasteiger partial charge in [-0.15, -0.1) is 11.3 Å². The highest BCUT2D eigenvalue weighted by Crippen LogP contribution is 2.33. The average molecular weight is 423 g/mol. The molecule has 4 aromatic rings. The van der Waals surface area contributed by atoms with Gasteiger partial charge in [0.05, 0.1) is 7.11 Å². The van der Waals surface area contributed by atoms with E-state index in [-0.39, 0.29) is 5.92 Å². The lowest BCUT2D eigenvalue weighted by molar-refractivity contribution is 0.100. The lowest BCUT2D eigenvalue weighted by Gasteiger charge is -2.06. The molecule has 0 fully saturated rings. The van der Waals surface area contributed by atoms with Crippen molar-refractivity contribution in [2.45, 2.75) is 26.2 Å². The molecule has 9 heteroatoms. The van der Waals surface area contributed by atoms with Crippen molar-refractivity contribution in [3.63, 3.8) is 0 Å². The highest BCUT2D eigenvalue weighted by atomic mass is 32.1.